The molecule has 3 rings (SSSR count). The zero-order chi connectivity index (χ0) is 18.7. The van der Waals surface area contributed by atoms with E-state index in [0.29, 0.717) is 17.8 Å². The van der Waals surface area contributed by atoms with Crippen LogP contribution in [0.4, 0.5) is 0 Å². The van der Waals surface area contributed by atoms with Crippen LogP contribution in [-0.2, 0) is 0 Å². The van der Waals surface area contributed by atoms with Crippen LogP contribution in [0.15, 0.2) is 48.8 Å². The topological polar surface area (TPSA) is 55.1 Å². The highest BCUT2D eigenvalue weighted by Gasteiger charge is 2.23. The maximum absolute atomic E-state index is 12.9. The van der Waals surface area contributed by atoms with E-state index in [1.54, 1.807) is 0 Å². The molecule has 0 aliphatic rings. The van der Waals surface area contributed by atoms with E-state index in [9.17, 15) is 4.79 Å². The molecule has 0 unspecified atom stereocenters. The first kappa shape index (κ1) is 17.9. The van der Waals surface area contributed by atoms with E-state index in [1.165, 1.54) is 5.56 Å². The predicted octanol–water partition coefficient (Wildman–Crippen LogP) is 2.57. The van der Waals surface area contributed by atoms with Gasteiger partial charge in [-0.25, -0.2) is 4.68 Å². The van der Waals surface area contributed by atoms with Crippen LogP contribution in [0, 0.1) is 13.8 Å². The number of benzene rings is 1. The average Bonchev–Trinajstić information content (AvgIpc) is 3.22. The largest absolute Gasteiger partial charge is 0.351 e. The molecule has 0 saturated heterocycles. The maximum atomic E-state index is 12.9. The summed E-state index contributed by atoms with van der Waals surface area (Å²) < 4.78 is 3.76. The first-order chi connectivity index (χ1) is 12.5. The minimum absolute atomic E-state index is 0.105. The summed E-state index contributed by atoms with van der Waals surface area (Å²) in [6, 6.07) is 12.0. The molecule has 2 heterocycles. The second-order valence-corrected chi connectivity index (χ2v) is 6.68. The molecule has 0 atom stereocenters. The smallest absolute Gasteiger partial charge is 0.257 e. The van der Waals surface area contributed by atoms with Crippen LogP contribution in [0.2, 0.25) is 0 Å². The highest BCUT2D eigenvalue weighted by molar-refractivity contribution is 5.98. The highest BCUT2D eigenvalue weighted by Crippen LogP contribution is 2.23. The molecule has 3 aromatic rings. The Balaban J connectivity index is 2.04. The van der Waals surface area contributed by atoms with Crippen molar-refractivity contribution in [1.82, 2.24) is 24.6 Å². The van der Waals surface area contributed by atoms with Gasteiger partial charge in [-0.05, 0) is 52.2 Å². The van der Waals surface area contributed by atoms with Crippen molar-refractivity contribution < 1.29 is 4.79 Å². The molecular weight excluding hydrogens is 326 g/mol. The number of rotatable bonds is 6. The molecule has 1 N–H and O–H groups in total. The molecule has 1 aromatic carbocycles. The number of aromatic nitrogens is 3. The predicted molar refractivity (Wildman–Crippen MR) is 103 cm³/mol. The molecule has 0 spiro atoms. The third-order valence-electron chi connectivity index (χ3n) is 4.24. The summed E-state index contributed by atoms with van der Waals surface area (Å²) in [5.41, 5.74) is 3.41. The van der Waals surface area contributed by atoms with Crippen LogP contribution in [0.3, 0.4) is 0 Å². The Morgan fingerprint density at radius 2 is 1.77 bits per heavy atom. The summed E-state index contributed by atoms with van der Waals surface area (Å²) >= 11 is 0. The number of hydrogen-bond acceptors (Lipinski definition) is 3. The van der Waals surface area contributed by atoms with Gasteiger partial charge in [-0.1, -0.05) is 17.7 Å². The van der Waals surface area contributed by atoms with Crippen molar-refractivity contribution in [3.8, 4) is 11.5 Å². The minimum Gasteiger partial charge on any atom is -0.351 e. The van der Waals surface area contributed by atoms with Crippen molar-refractivity contribution in [2.24, 2.45) is 0 Å². The number of nitrogens with zero attached hydrogens (tertiary/aromatic N) is 4. The summed E-state index contributed by atoms with van der Waals surface area (Å²) in [5.74, 6) is 0.644. The van der Waals surface area contributed by atoms with Gasteiger partial charge in [0.1, 0.15) is 5.56 Å². The fourth-order valence-corrected chi connectivity index (χ4v) is 2.84. The Morgan fingerprint density at radius 3 is 2.38 bits per heavy atom. The number of hydrogen-bond donors (Lipinski definition) is 1. The third-order valence-corrected chi connectivity index (χ3v) is 4.24. The molecule has 2 aromatic heterocycles. The highest BCUT2D eigenvalue weighted by atomic mass is 16.1. The van der Waals surface area contributed by atoms with E-state index in [1.807, 2.05) is 84.0 Å². The summed E-state index contributed by atoms with van der Waals surface area (Å²) in [7, 11) is 3.97. The van der Waals surface area contributed by atoms with Crippen LogP contribution in [0.5, 0.6) is 0 Å². The zero-order valence-corrected chi connectivity index (χ0v) is 15.7. The van der Waals surface area contributed by atoms with E-state index in [-0.39, 0.29) is 5.91 Å². The summed E-state index contributed by atoms with van der Waals surface area (Å²) in [5, 5.41) is 7.66. The SMILES string of the molecule is Cc1ccc(-n2nc(C)c(C(=O)NCCN(C)C)c2-n2cccc2)cc1. The van der Waals surface area contributed by atoms with Crippen LogP contribution in [-0.4, -0.2) is 52.3 Å². The van der Waals surface area contributed by atoms with Crippen molar-refractivity contribution in [2.75, 3.05) is 27.2 Å². The van der Waals surface area contributed by atoms with Gasteiger partial charge in [0.25, 0.3) is 5.91 Å². The fourth-order valence-electron chi connectivity index (χ4n) is 2.84. The Kier molecular flexibility index (Phi) is 5.23. The van der Waals surface area contributed by atoms with Crippen molar-refractivity contribution >= 4 is 5.91 Å². The van der Waals surface area contributed by atoms with E-state index in [2.05, 4.69) is 17.3 Å². The number of carbonyl (C=O) groups excluding carboxylic acids is 1. The lowest BCUT2D eigenvalue weighted by Crippen LogP contribution is -2.32. The first-order valence-electron chi connectivity index (χ1n) is 8.70. The van der Waals surface area contributed by atoms with Gasteiger partial charge >= 0.3 is 0 Å². The van der Waals surface area contributed by atoms with Crippen LogP contribution < -0.4 is 5.32 Å². The molecule has 26 heavy (non-hydrogen) atoms. The van der Waals surface area contributed by atoms with Gasteiger partial charge < -0.3 is 14.8 Å². The number of carbonyl (C=O) groups is 1. The first-order valence-corrected chi connectivity index (χ1v) is 8.70. The molecular formula is C20H25N5O. The van der Waals surface area contributed by atoms with Crippen molar-refractivity contribution in [2.45, 2.75) is 13.8 Å². The second kappa shape index (κ2) is 7.58. The van der Waals surface area contributed by atoms with E-state index < -0.39 is 0 Å². The molecule has 0 fully saturated rings. The summed E-state index contributed by atoms with van der Waals surface area (Å²) in [6.07, 6.45) is 3.86. The molecule has 0 aliphatic heterocycles. The Hall–Kier alpha value is -2.86. The Morgan fingerprint density at radius 1 is 1.12 bits per heavy atom. The molecule has 6 heteroatoms. The monoisotopic (exact) mass is 351 g/mol. The van der Waals surface area contributed by atoms with E-state index in [4.69, 9.17) is 0 Å². The fraction of sp³-hybridized carbons (Fsp3) is 0.300. The van der Waals surface area contributed by atoms with Crippen molar-refractivity contribution in [3.63, 3.8) is 0 Å². The summed E-state index contributed by atoms with van der Waals surface area (Å²) in [6.45, 7) is 5.30. The number of nitrogens with one attached hydrogen (secondary N) is 1. The van der Waals surface area contributed by atoms with Crippen LogP contribution in [0.25, 0.3) is 11.5 Å². The summed E-state index contributed by atoms with van der Waals surface area (Å²) in [4.78, 5) is 14.9. The van der Waals surface area contributed by atoms with E-state index in [0.717, 1.165) is 18.1 Å². The normalized spacial score (nSPS) is 11.1. The maximum Gasteiger partial charge on any atom is 0.257 e. The Bertz CT molecular complexity index is 876. The van der Waals surface area contributed by atoms with Gasteiger partial charge in [-0.2, -0.15) is 5.10 Å². The number of amides is 1. The molecule has 1 amide bonds. The van der Waals surface area contributed by atoms with Crippen molar-refractivity contribution in [3.05, 3.63) is 65.6 Å². The second-order valence-electron chi connectivity index (χ2n) is 6.68. The van der Waals surface area contributed by atoms with Gasteiger partial charge in [0.15, 0.2) is 5.82 Å². The number of aryl methyl sites for hydroxylation is 2. The average molecular weight is 351 g/mol. The lowest BCUT2D eigenvalue weighted by molar-refractivity contribution is 0.0950. The third kappa shape index (κ3) is 3.70. The lowest BCUT2D eigenvalue weighted by Gasteiger charge is -2.13. The van der Waals surface area contributed by atoms with E-state index >= 15 is 0 Å². The Labute approximate surface area is 154 Å². The molecule has 0 saturated carbocycles. The molecule has 0 aliphatic carbocycles. The molecule has 136 valence electrons. The van der Waals surface area contributed by atoms with Gasteiger partial charge in [-0.15, -0.1) is 0 Å². The van der Waals surface area contributed by atoms with Gasteiger partial charge in [-0.3, -0.25) is 4.79 Å². The van der Waals surface area contributed by atoms with Gasteiger partial charge in [0.05, 0.1) is 11.4 Å². The molecule has 6 nitrogen and oxygen atoms in total. The minimum atomic E-state index is -0.105. The quantitative estimate of drug-likeness (QED) is 0.743. The standard InChI is InChI=1S/C20H25N5O/c1-15-7-9-17(10-8-15)25-20(24-12-5-6-13-24)18(16(2)22-25)19(26)21-11-14-23(3)4/h5-10,12-13H,11,14H2,1-4H3,(H,21,26). The van der Waals surface area contributed by atoms with Crippen molar-refractivity contribution in [1.29, 1.82) is 0 Å². The number of likely N-dealkylation sites (N-methyl/N-ethyl adjacent to an activating group) is 1. The zero-order valence-electron chi connectivity index (χ0n) is 15.7. The van der Waals surface area contributed by atoms with Gasteiger partial charge in [0, 0.05) is 25.5 Å². The lowest BCUT2D eigenvalue weighted by atomic mass is 10.2. The van der Waals surface area contributed by atoms with Gasteiger partial charge in [0.2, 0.25) is 0 Å². The molecule has 0 radical (unpaired) electrons. The van der Waals surface area contributed by atoms with Crippen LogP contribution >= 0.6 is 0 Å². The molecule has 0 bridgehead atoms. The van der Waals surface area contributed by atoms with Crippen LogP contribution in [0.1, 0.15) is 21.6 Å².